The van der Waals surface area contributed by atoms with Crippen molar-refractivity contribution in [1.29, 1.82) is 0 Å². The average molecular weight is 345 g/mol. The van der Waals surface area contributed by atoms with Gasteiger partial charge in [0.2, 0.25) is 0 Å². The summed E-state index contributed by atoms with van der Waals surface area (Å²) in [6, 6.07) is 9.33. The van der Waals surface area contributed by atoms with Crippen LogP contribution < -0.4 is 15.4 Å². The van der Waals surface area contributed by atoms with Crippen molar-refractivity contribution < 1.29 is 9.13 Å². The van der Waals surface area contributed by atoms with Gasteiger partial charge in [0.05, 0.1) is 18.5 Å². The van der Waals surface area contributed by atoms with Gasteiger partial charge in [0, 0.05) is 10.0 Å². The van der Waals surface area contributed by atoms with Crippen LogP contribution in [0.1, 0.15) is 0 Å². The van der Waals surface area contributed by atoms with E-state index in [4.69, 9.17) is 40.2 Å². The van der Waals surface area contributed by atoms with Gasteiger partial charge in [-0.2, -0.15) is 0 Å². The molecule has 0 aliphatic rings. The largest absolute Gasteiger partial charge is 0.495 e. The van der Waals surface area contributed by atoms with Crippen LogP contribution in [0.15, 0.2) is 36.4 Å². The molecule has 0 radical (unpaired) electrons. The van der Waals surface area contributed by atoms with Crippen LogP contribution in [0, 0.1) is 5.82 Å². The maximum absolute atomic E-state index is 13.7. The Morgan fingerprint density at radius 2 is 1.67 bits per heavy atom. The monoisotopic (exact) mass is 344 g/mol. The molecule has 2 aromatic rings. The van der Waals surface area contributed by atoms with Crippen molar-refractivity contribution >= 4 is 51.9 Å². The van der Waals surface area contributed by atoms with E-state index in [0.717, 1.165) is 0 Å². The van der Waals surface area contributed by atoms with E-state index in [0.29, 0.717) is 21.5 Å². The van der Waals surface area contributed by atoms with Gasteiger partial charge in [-0.3, -0.25) is 0 Å². The van der Waals surface area contributed by atoms with E-state index in [1.807, 2.05) is 0 Å². The summed E-state index contributed by atoms with van der Waals surface area (Å²) in [6.07, 6.45) is 0. The lowest BCUT2D eigenvalue weighted by Gasteiger charge is -2.14. The summed E-state index contributed by atoms with van der Waals surface area (Å²) in [6.45, 7) is 0. The molecule has 0 saturated carbocycles. The van der Waals surface area contributed by atoms with Crippen LogP contribution in [0.5, 0.6) is 5.75 Å². The molecular formula is C14H11Cl2FN2OS. The molecule has 110 valence electrons. The molecule has 2 rings (SSSR count). The fraction of sp³-hybridized carbons (Fsp3) is 0.0714. The Labute approximate surface area is 137 Å². The molecule has 0 unspecified atom stereocenters. The van der Waals surface area contributed by atoms with Crippen molar-refractivity contribution in [1.82, 2.24) is 0 Å². The highest BCUT2D eigenvalue weighted by molar-refractivity contribution is 7.80. The van der Waals surface area contributed by atoms with Gasteiger partial charge in [-0.05, 0) is 48.6 Å². The van der Waals surface area contributed by atoms with Crippen molar-refractivity contribution in [3.63, 3.8) is 0 Å². The number of thiocarbonyl (C=S) groups is 1. The standard InChI is InChI=1S/C14H11Cl2FN2OS/c1-20-13-5-3-9(16)7-12(13)19-14(21)18-11-4-2-8(15)6-10(11)17/h2-7H,1H3,(H2,18,19,21). The number of hydrogen-bond donors (Lipinski definition) is 2. The third kappa shape index (κ3) is 4.20. The molecule has 0 aliphatic heterocycles. The zero-order valence-electron chi connectivity index (χ0n) is 10.9. The summed E-state index contributed by atoms with van der Waals surface area (Å²) in [5.74, 6) is 0.0739. The molecule has 7 heteroatoms. The van der Waals surface area contributed by atoms with Crippen molar-refractivity contribution in [3.8, 4) is 5.75 Å². The summed E-state index contributed by atoms with van der Waals surface area (Å²) >= 11 is 16.8. The maximum atomic E-state index is 13.7. The maximum Gasteiger partial charge on any atom is 0.175 e. The first-order chi connectivity index (χ1) is 9.99. The molecule has 3 nitrogen and oxygen atoms in total. The molecule has 0 aliphatic carbocycles. The number of hydrogen-bond acceptors (Lipinski definition) is 2. The number of methoxy groups -OCH3 is 1. The highest BCUT2D eigenvalue weighted by atomic mass is 35.5. The van der Waals surface area contributed by atoms with Crippen LogP contribution in [0.25, 0.3) is 0 Å². The van der Waals surface area contributed by atoms with Crippen molar-refractivity contribution in [2.24, 2.45) is 0 Å². The predicted octanol–water partition coefficient (Wildman–Crippen LogP) is 4.95. The summed E-state index contributed by atoms with van der Waals surface area (Å²) in [7, 11) is 1.53. The molecule has 0 fully saturated rings. The van der Waals surface area contributed by atoms with Crippen LogP contribution in [0.3, 0.4) is 0 Å². The minimum atomic E-state index is -0.496. The molecule has 2 aromatic carbocycles. The first-order valence-electron chi connectivity index (χ1n) is 5.86. The molecule has 0 saturated heterocycles. The van der Waals surface area contributed by atoms with Gasteiger partial charge in [-0.1, -0.05) is 23.2 Å². The number of nitrogens with one attached hydrogen (secondary N) is 2. The Morgan fingerprint density at radius 1 is 1.05 bits per heavy atom. The van der Waals surface area contributed by atoms with E-state index in [9.17, 15) is 4.39 Å². The molecule has 21 heavy (non-hydrogen) atoms. The molecule has 0 amide bonds. The fourth-order valence-corrected chi connectivity index (χ4v) is 2.20. The third-order valence-electron chi connectivity index (χ3n) is 2.59. The van der Waals surface area contributed by atoms with Crippen molar-refractivity contribution in [3.05, 3.63) is 52.3 Å². The minimum absolute atomic E-state index is 0.205. The zero-order valence-corrected chi connectivity index (χ0v) is 13.2. The van der Waals surface area contributed by atoms with Gasteiger partial charge in [0.15, 0.2) is 5.11 Å². The average Bonchev–Trinajstić information content (AvgIpc) is 2.42. The van der Waals surface area contributed by atoms with Crippen LogP contribution in [-0.2, 0) is 0 Å². The second kappa shape index (κ2) is 6.93. The van der Waals surface area contributed by atoms with Crippen LogP contribution in [0.2, 0.25) is 10.0 Å². The number of anilines is 2. The summed E-state index contributed by atoms with van der Waals surface area (Å²) in [5.41, 5.74) is 0.801. The van der Waals surface area contributed by atoms with Gasteiger partial charge in [-0.25, -0.2) is 4.39 Å². The zero-order chi connectivity index (χ0) is 15.4. The van der Waals surface area contributed by atoms with Crippen LogP contribution in [-0.4, -0.2) is 12.2 Å². The Balaban J connectivity index is 2.13. The van der Waals surface area contributed by atoms with E-state index in [2.05, 4.69) is 10.6 Å². The summed E-state index contributed by atoms with van der Waals surface area (Å²) in [5, 5.41) is 6.69. The quantitative estimate of drug-likeness (QED) is 0.771. The SMILES string of the molecule is COc1ccc(Cl)cc1NC(=S)Nc1ccc(Cl)cc1F. The summed E-state index contributed by atoms with van der Waals surface area (Å²) in [4.78, 5) is 0. The van der Waals surface area contributed by atoms with Crippen molar-refractivity contribution in [2.45, 2.75) is 0 Å². The Morgan fingerprint density at radius 3 is 2.33 bits per heavy atom. The molecular weight excluding hydrogens is 334 g/mol. The Bertz CT molecular complexity index is 682. The topological polar surface area (TPSA) is 33.3 Å². The lowest BCUT2D eigenvalue weighted by Crippen LogP contribution is -2.20. The highest BCUT2D eigenvalue weighted by Gasteiger charge is 2.08. The fourth-order valence-electron chi connectivity index (χ4n) is 1.64. The molecule has 0 spiro atoms. The third-order valence-corrected chi connectivity index (χ3v) is 3.26. The smallest absolute Gasteiger partial charge is 0.175 e. The number of halogens is 3. The van der Waals surface area contributed by atoms with E-state index in [1.54, 1.807) is 24.3 Å². The van der Waals surface area contributed by atoms with Gasteiger partial charge in [0.1, 0.15) is 11.6 Å². The second-order valence-electron chi connectivity index (χ2n) is 4.05. The molecule has 0 aromatic heterocycles. The van der Waals surface area contributed by atoms with E-state index in [1.165, 1.54) is 19.2 Å². The molecule has 0 atom stereocenters. The Kier molecular flexibility index (Phi) is 5.22. The second-order valence-corrected chi connectivity index (χ2v) is 5.33. The lowest BCUT2D eigenvalue weighted by molar-refractivity contribution is 0.417. The van der Waals surface area contributed by atoms with E-state index in [-0.39, 0.29) is 10.8 Å². The molecule has 0 heterocycles. The van der Waals surface area contributed by atoms with Gasteiger partial charge in [-0.15, -0.1) is 0 Å². The normalized spacial score (nSPS) is 10.1. The van der Waals surface area contributed by atoms with E-state index < -0.39 is 5.82 Å². The summed E-state index contributed by atoms with van der Waals surface area (Å²) < 4.78 is 18.9. The minimum Gasteiger partial charge on any atom is -0.495 e. The number of rotatable bonds is 3. The van der Waals surface area contributed by atoms with Gasteiger partial charge < -0.3 is 15.4 Å². The van der Waals surface area contributed by atoms with Gasteiger partial charge >= 0.3 is 0 Å². The van der Waals surface area contributed by atoms with Crippen LogP contribution >= 0.6 is 35.4 Å². The first kappa shape index (κ1) is 15.8. The van der Waals surface area contributed by atoms with Crippen molar-refractivity contribution in [2.75, 3.05) is 17.7 Å². The highest BCUT2D eigenvalue weighted by Crippen LogP contribution is 2.28. The molecule has 0 bridgehead atoms. The first-order valence-corrected chi connectivity index (χ1v) is 7.02. The number of ether oxygens (including phenoxy) is 1. The predicted molar refractivity (Wildman–Crippen MR) is 89.3 cm³/mol. The molecule has 2 N–H and O–H groups in total. The van der Waals surface area contributed by atoms with E-state index >= 15 is 0 Å². The lowest BCUT2D eigenvalue weighted by atomic mass is 10.3. The Hall–Kier alpha value is -1.56. The van der Waals surface area contributed by atoms with Gasteiger partial charge in [0.25, 0.3) is 0 Å². The number of benzene rings is 2. The van der Waals surface area contributed by atoms with Crippen LogP contribution in [0.4, 0.5) is 15.8 Å².